The summed E-state index contributed by atoms with van der Waals surface area (Å²) in [5.41, 5.74) is 0. The third-order valence-corrected chi connectivity index (χ3v) is 4.43. The minimum Gasteiger partial charge on any atom is -0.490 e. The Hall–Kier alpha value is -1.31. The lowest BCUT2D eigenvalue weighted by atomic mass is 10.3. The van der Waals surface area contributed by atoms with Crippen LogP contribution >= 0.6 is 0 Å². The minimum atomic E-state index is -3.66. The predicted octanol–water partition coefficient (Wildman–Crippen LogP) is 0.897. The van der Waals surface area contributed by atoms with E-state index in [0.717, 1.165) is 6.42 Å². The molecule has 112 valence electrons. The van der Waals surface area contributed by atoms with Crippen LogP contribution in [-0.4, -0.2) is 39.4 Å². The van der Waals surface area contributed by atoms with Gasteiger partial charge in [-0.25, -0.2) is 13.1 Å². The van der Waals surface area contributed by atoms with Crippen LogP contribution in [0.5, 0.6) is 11.5 Å². The molecule has 1 unspecified atom stereocenters. The van der Waals surface area contributed by atoms with E-state index in [-0.39, 0.29) is 11.4 Å². The number of benzene rings is 1. The van der Waals surface area contributed by atoms with Gasteiger partial charge in [-0.3, -0.25) is 0 Å². The van der Waals surface area contributed by atoms with Crippen molar-refractivity contribution in [1.29, 1.82) is 0 Å². The summed E-state index contributed by atoms with van der Waals surface area (Å²) in [5, 5.41) is 9.43. The lowest BCUT2D eigenvalue weighted by Gasteiger charge is -2.12. The molecule has 0 spiro atoms. The molecule has 1 aromatic carbocycles. The first kappa shape index (κ1) is 15.1. The molecule has 0 fully saturated rings. The van der Waals surface area contributed by atoms with Crippen molar-refractivity contribution in [1.82, 2.24) is 4.72 Å². The Morgan fingerprint density at radius 3 is 2.70 bits per heavy atom. The van der Waals surface area contributed by atoms with Gasteiger partial charge in [0.25, 0.3) is 0 Å². The number of ether oxygens (including phenoxy) is 2. The van der Waals surface area contributed by atoms with Crippen LogP contribution in [0.25, 0.3) is 0 Å². The fourth-order valence-electron chi connectivity index (χ4n) is 1.74. The quantitative estimate of drug-likeness (QED) is 0.844. The molecule has 0 aromatic heterocycles. The first-order valence-corrected chi connectivity index (χ1v) is 8.08. The molecule has 1 aromatic rings. The van der Waals surface area contributed by atoms with Gasteiger partial charge in [0.1, 0.15) is 0 Å². The maximum absolute atomic E-state index is 12.1. The van der Waals surface area contributed by atoms with E-state index >= 15 is 0 Å². The molecule has 2 N–H and O–H groups in total. The third kappa shape index (κ3) is 3.62. The molecule has 0 amide bonds. The number of aliphatic hydroxyl groups excluding tert-OH is 1. The summed E-state index contributed by atoms with van der Waals surface area (Å²) < 4.78 is 37.5. The Labute approximate surface area is 118 Å². The Bertz CT molecular complexity index is 558. The summed E-state index contributed by atoms with van der Waals surface area (Å²) in [6, 6.07) is 4.50. The molecule has 1 aliphatic heterocycles. The first-order chi connectivity index (χ1) is 9.53. The van der Waals surface area contributed by atoms with Crippen LogP contribution in [-0.2, 0) is 10.0 Å². The van der Waals surface area contributed by atoms with Crippen LogP contribution < -0.4 is 14.2 Å². The Balaban J connectivity index is 2.17. The van der Waals surface area contributed by atoms with Gasteiger partial charge in [0.2, 0.25) is 10.0 Å². The molecule has 0 saturated carbocycles. The number of aliphatic hydroxyl groups is 1. The van der Waals surface area contributed by atoms with Crippen molar-refractivity contribution in [3.05, 3.63) is 18.2 Å². The molecule has 7 heteroatoms. The second kappa shape index (κ2) is 6.43. The van der Waals surface area contributed by atoms with E-state index in [1.807, 2.05) is 0 Å². The maximum Gasteiger partial charge on any atom is 0.240 e. The Morgan fingerprint density at radius 1 is 1.30 bits per heavy atom. The van der Waals surface area contributed by atoms with E-state index in [0.29, 0.717) is 31.1 Å². The summed E-state index contributed by atoms with van der Waals surface area (Å²) in [4.78, 5) is 0.102. The topological polar surface area (TPSA) is 84.9 Å². The summed E-state index contributed by atoms with van der Waals surface area (Å²) in [6.45, 7) is 2.83. The maximum atomic E-state index is 12.1. The second-order valence-electron chi connectivity index (χ2n) is 4.57. The second-order valence-corrected chi connectivity index (χ2v) is 6.34. The van der Waals surface area contributed by atoms with Gasteiger partial charge in [0.05, 0.1) is 24.2 Å². The van der Waals surface area contributed by atoms with Gasteiger partial charge in [0.15, 0.2) is 11.5 Å². The van der Waals surface area contributed by atoms with Gasteiger partial charge in [-0.05, 0) is 18.6 Å². The Morgan fingerprint density at radius 2 is 2.00 bits per heavy atom. The summed E-state index contributed by atoms with van der Waals surface area (Å²) >= 11 is 0. The molecule has 1 heterocycles. The van der Waals surface area contributed by atoms with Crippen molar-refractivity contribution < 1.29 is 23.0 Å². The molecule has 0 aliphatic carbocycles. The van der Waals surface area contributed by atoms with E-state index in [9.17, 15) is 13.5 Å². The molecule has 0 bridgehead atoms. The predicted molar refractivity (Wildman–Crippen MR) is 73.5 cm³/mol. The van der Waals surface area contributed by atoms with Crippen LogP contribution in [0.4, 0.5) is 0 Å². The summed E-state index contributed by atoms with van der Waals surface area (Å²) in [5.74, 6) is 0.983. The van der Waals surface area contributed by atoms with Gasteiger partial charge in [-0.2, -0.15) is 0 Å². The van der Waals surface area contributed by atoms with E-state index in [4.69, 9.17) is 9.47 Å². The van der Waals surface area contributed by atoms with E-state index in [1.165, 1.54) is 12.1 Å². The molecule has 6 nitrogen and oxygen atoms in total. The van der Waals surface area contributed by atoms with Crippen molar-refractivity contribution in [2.75, 3.05) is 19.8 Å². The van der Waals surface area contributed by atoms with E-state index in [2.05, 4.69) is 4.72 Å². The summed E-state index contributed by atoms with van der Waals surface area (Å²) in [7, 11) is -3.66. The van der Waals surface area contributed by atoms with Crippen LogP contribution in [0.2, 0.25) is 0 Å². The number of hydrogen-bond acceptors (Lipinski definition) is 5. The normalized spacial score (nSPS) is 16.5. The lowest BCUT2D eigenvalue weighted by molar-refractivity contribution is 0.174. The molecular formula is C13H19NO5S. The molecular weight excluding hydrogens is 282 g/mol. The van der Waals surface area contributed by atoms with Crippen LogP contribution in [0.15, 0.2) is 23.1 Å². The smallest absolute Gasteiger partial charge is 0.240 e. The van der Waals surface area contributed by atoms with Gasteiger partial charge in [-0.15, -0.1) is 0 Å². The molecule has 1 atom stereocenters. The average molecular weight is 301 g/mol. The van der Waals surface area contributed by atoms with Crippen LogP contribution in [0, 0.1) is 0 Å². The highest BCUT2D eigenvalue weighted by atomic mass is 32.2. The first-order valence-electron chi connectivity index (χ1n) is 6.60. The SMILES string of the molecule is CCC(O)CNS(=O)(=O)c1ccc2c(c1)OCCCO2. The zero-order chi connectivity index (χ0) is 14.6. The van der Waals surface area contributed by atoms with Gasteiger partial charge in [-0.1, -0.05) is 6.92 Å². The van der Waals surface area contributed by atoms with Gasteiger partial charge in [0, 0.05) is 19.0 Å². The van der Waals surface area contributed by atoms with E-state index in [1.54, 1.807) is 13.0 Å². The van der Waals surface area contributed by atoms with Crippen molar-refractivity contribution >= 4 is 10.0 Å². The number of hydrogen-bond donors (Lipinski definition) is 2. The number of sulfonamides is 1. The number of rotatable bonds is 5. The Kier molecular flexibility index (Phi) is 4.85. The third-order valence-electron chi connectivity index (χ3n) is 3.01. The van der Waals surface area contributed by atoms with Crippen molar-refractivity contribution in [2.45, 2.75) is 30.8 Å². The number of fused-ring (bicyclic) bond motifs is 1. The van der Waals surface area contributed by atoms with Gasteiger partial charge < -0.3 is 14.6 Å². The monoisotopic (exact) mass is 301 g/mol. The number of nitrogens with one attached hydrogen (secondary N) is 1. The minimum absolute atomic E-state index is 0.00667. The fourth-order valence-corrected chi connectivity index (χ4v) is 2.83. The highest BCUT2D eigenvalue weighted by molar-refractivity contribution is 7.89. The molecule has 20 heavy (non-hydrogen) atoms. The van der Waals surface area contributed by atoms with Crippen molar-refractivity contribution in [2.24, 2.45) is 0 Å². The standard InChI is InChI=1S/C13H19NO5S/c1-2-10(15)9-14-20(16,17)11-4-5-12-13(8-11)19-7-3-6-18-12/h4-5,8,10,14-15H,2-3,6-7,9H2,1H3. The highest BCUT2D eigenvalue weighted by Gasteiger charge is 2.19. The fraction of sp³-hybridized carbons (Fsp3) is 0.538. The van der Waals surface area contributed by atoms with Crippen molar-refractivity contribution in [3.63, 3.8) is 0 Å². The molecule has 0 radical (unpaired) electrons. The molecule has 2 rings (SSSR count). The summed E-state index contributed by atoms with van der Waals surface area (Å²) in [6.07, 6.45) is 0.562. The molecule has 1 aliphatic rings. The van der Waals surface area contributed by atoms with Gasteiger partial charge >= 0.3 is 0 Å². The average Bonchev–Trinajstić information content (AvgIpc) is 2.69. The van der Waals surface area contributed by atoms with E-state index < -0.39 is 16.1 Å². The zero-order valence-electron chi connectivity index (χ0n) is 11.3. The van der Waals surface area contributed by atoms with Crippen LogP contribution in [0.3, 0.4) is 0 Å². The molecule has 0 saturated heterocycles. The van der Waals surface area contributed by atoms with Crippen LogP contribution in [0.1, 0.15) is 19.8 Å². The lowest BCUT2D eigenvalue weighted by Crippen LogP contribution is -2.31. The van der Waals surface area contributed by atoms with Crippen molar-refractivity contribution in [3.8, 4) is 11.5 Å². The highest BCUT2D eigenvalue weighted by Crippen LogP contribution is 2.31. The zero-order valence-corrected chi connectivity index (χ0v) is 12.1. The largest absolute Gasteiger partial charge is 0.490 e.